The average molecular weight is 265 g/mol. The van der Waals surface area contributed by atoms with Crippen LogP contribution in [-0.2, 0) is 11.3 Å². The van der Waals surface area contributed by atoms with Crippen LogP contribution in [0.5, 0.6) is 0 Å². The molecule has 0 radical (unpaired) electrons. The normalized spacial score (nSPS) is 11.1. The molecular formula is C17H15NO2. The van der Waals surface area contributed by atoms with Gasteiger partial charge >= 0.3 is 0 Å². The van der Waals surface area contributed by atoms with Crippen LogP contribution >= 0.6 is 0 Å². The van der Waals surface area contributed by atoms with Crippen LogP contribution in [0.25, 0.3) is 0 Å². The third-order valence-corrected chi connectivity index (χ3v) is 2.73. The summed E-state index contributed by atoms with van der Waals surface area (Å²) in [6.07, 6.45) is -0.946. The zero-order valence-electron chi connectivity index (χ0n) is 10.9. The van der Waals surface area contributed by atoms with Crippen molar-refractivity contribution < 1.29 is 9.90 Å². The van der Waals surface area contributed by atoms with E-state index in [1.807, 2.05) is 48.5 Å². The maximum absolute atomic E-state index is 11.6. The van der Waals surface area contributed by atoms with Gasteiger partial charge in [0.1, 0.15) is 6.10 Å². The van der Waals surface area contributed by atoms with Crippen LogP contribution < -0.4 is 5.32 Å². The van der Waals surface area contributed by atoms with Crippen LogP contribution in [0.15, 0.2) is 60.7 Å². The summed E-state index contributed by atoms with van der Waals surface area (Å²) in [6.45, 7) is 0.426. The van der Waals surface area contributed by atoms with Crippen LogP contribution in [0.3, 0.4) is 0 Å². The first-order valence-corrected chi connectivity index (χ1v) is 6.32. The number of carbonyl (C=O) groups excluding carboxylic acids is 1. The first-order chi connectivity index (χ1) is 9.75. The Bertz CT molecular complexity index is 612. The average Bonchev–Trinajstić information content (AvgIpc) is 2.52. The second kappa shape index (κ2) is 7.13. The minimum absolute atomic E-state index is 0.399. The van der Waals surface area contributed by atoms with Gasteiger partial charge in [0.15, 0.2) is 0 Å². The van der Waals surface area contributed by atoms with Crippen molar-refractivity contribution in [3.05, 3.63) is 71.8 Å². The standard InChI is InChI=1S/C17H15NO2/c19-16(15-9-5-2-6-10-15)11-12-17(20)18-13-14-7-3-1-4-8-14/h1-10,16,19H,13H2,(H,18,20). The Hall–Kier alpha value is -2.57. The van der Waals surface area contributed by atoms with E-state index in [0.717, 1.165) is 5.56 Å². The molecule has 1 unspecified atom stereocenters. The van der Waals surface area contributed by atoms with Gasteiger partial charge in [-0.2, -0.15) is 0 Å². The summed E-state index contributed by atoms with van der Waals surface area (Å²) in [5, 5.41) is 12.5. The largest absolute Gasteiger partial charge is 0.376 e. The van der Waals surface area contributed by atoms with Gasteiger partial charge < -0.3 is 10.4 Å². The number of aliphatic hydroxyl groups excluding tert-OH is 1. The first-order valence-electron chi connectivity index (χ1n) is 6.32. The van der Waals surface area contributed by atoms with Crippen molar-refractivity contribution in [3.63, 3.8) is 0 Å². The van der Waals surface area contributed by atoms with Crippen LogP contribution in [0.4, 0.5) is 0 Å². The monoisotopic (exact) mass is 265 g/mol. The second-order valence-corrected chi connectivity index (χ2v) is 4.25. The van der Waals surface area contributed by atoms with Crippen molar-refractivity contribution in [2.24, 2.45) is 0 Å². The lowest BCUT2D eigenvalue weighted by molar-refractivity contribution is -0.115. The molecule has 0 saturated heterocycles. The molecule has 0 aliphatic heterocycles. The van der Waals surface area contributed by atoms with E-state index in [9.17, 15) is 9.90 Å². The molecule has 2 aromatic carbocycles. The van der Waals surface area contributed by atoms with Crippen LogP contribution in [0, 0.1) is 11.8 Å². The van der Waals surface area contributed by atoms with Crippen molar-refractivity contribution in [1.82, 2.24) is 5.32 Å². The molecule has 2 rings (SSSR count). The molecule has 20 heavy (non-hydrogen) atoms. The molecule has 0 bridgehead atoms. The lowest BCUT2D eigenvalue weighted by atomic mass is 10.1. The Morgan fingerprint density at radius 3 is 2.30 bits per heavy atom. The van der Waals surface area contributed by atoms with E-state index in [1.54, 1.807) is 12.1 Å². The van der Waals surface area contributed by atoms with Gasteiger partial charge in [-0.1, -0.05) is 66.6 Å². The quantitative estimate of drug-likeness (QED) is 0.834. The molecule has 1 atom stereocenters. The highest BCUT2D eigenvalue weighted by Gasteiger charge is 2.02. The van der Waals surface area contributed by atoms with Crippen molar-refractivity contribution in [2.75, 3.05) is 0 Å². The summed E-state index contributed by atoms with van der Waals surface area (Å²) < 4.78 is 0. The highest BCUT2D eigenvalue weighted by molar-refractivity contribution is 5.93. The third-order valence-electron chi connectivity index (χ3n) is 2.73. The number of aliphatic hydroxyl groups is 1. The van der Waals surface area contributed by atoms with Gasteiger partial charge in [0.2, 0.25) is 0 Å². The fourth-order valence-corrected chi connectivity index (χ4v) is 1.67. The molecule has 3 nitrogen and oxygen atoms in total. The topological polar surface area (TPSA) is 49.3 Å². The van der Waals surface area contributed by atoms with E-state index in [4.69, 9.17) is 0 Å². The molecule has 0 aliphatic carbocycles. The Balaban J connectivity index is 1.88. The van der Waals surface area contributed by atoms with Gasteiger partial charge in [0.25, 0.3) is 5.91 Å². The van der Waals surface area contributed by atoms with Crippen molar-refractivity contribution in [1.29, 1.82) is 0 Å². The number of hydrogen-bond donors (Lipinski definition) is 2. The van der Waals surface area contributed by atoms with Gasteiger partial charge in [-0.25, -0.2) is 0 Å². The Morgan fingerprint density at radius 2 is 1.65 bits per heavy atom. The van der Waals surface area contributed by atoms with E-state index < -0.39 is 12.0 Å². The van der Waals surface area contributed by atoms with Crippen molar-refractivity contribution >= 4 is 5.91 Å². The zero-order valence-corrected chi connectivity index (χ0v) is 10.9. The minimum Gasteiger partial charge on any atom is -0.376 e. The summed E-state index contributed by atoms with van der Waals surface area (Å²) in [6, 6.07) is 18.6. The number of hydrogen-bond acceptors (Lipinski definition) is 2. The molecule has 0 heterocycles. The molecule has 2 aromatic rings. The molecule has 3 heteroatoms. The van der Waals surface area contributed by atoms with Gasteiger partial charge in [-0.3, -0.25) is 4.79 Å². The van der Waals surface area contributed by atoms with Crippen LogP contribution in [0.1, 0.15) is 17.2 Å². The Kier molecular flexibility index (Phi) is 4.94. The molecule has 0 spiro atoms. The summed E-state index contributed by atoms with van der Waals surface area (Å²) in [7, 11) is 0. The van der Waals surface area contributed by atoms with Crippen LogP contribution in [0.2, 0.25) is 0 Å². The predicted octanol–water partition coefficient (Wildman–Crippen LogP) is 2.04. The second-order valence-electron chi connectivity index (χ2n) is 4.25. The van der Waals surface area contributed by atoms with Gasteiger partial charge in [0, 0.05) is 6.54 Å². The fraction of sp³-hybridized carbons (Fsp3) is 0.118. The Labute approximate surface area is 118 Å². The van der Waals surface area contributed by atoms with E-state index >= 15 is 0 Å². The van der Waals surface area contributed by atoms with Crippen molar-refractivity contribution in [3.8, 4) is 11.8 Å². The highest BCUT2D eigenvalue weighted by Crippen LogP contribution is 2.09. The minimum atomic E-state index is -0.946. The number of nitrogens with one attached hydrogen (secondary N) is 1. The SMILES string of the molecule is O=C(C#CC(O)c1ccccc1)NCc1ccccc1. The maximum atomic E-state index is 11.6. The molecule has 0 aromatic heterocycles. The van der Waals surface area contributed by atoms with Gasteiger partial charge in [-0.05, 0) is 17.0 Å². The summed E-state index contributed by atoms with van der Waals surface area (Å²) in [5.41, 5.74) is 1.68. The highest BCUT2D eigenvalue weighted by atomic mass is 16.3. The third kappa shape index (κ3) is 4.27. The van der Waals surface area contributed by atoms with E-state index in [0.29, 0.717) is 12.1 Å². The van der Waals surface area contributed by atoms with Crippen molar-refractivity contribution in [2.45, 2.75) is 12.6 Å². The number of carbonyl (C=O) groups is 1. The molecule has 0 saturated carbocycles. The van der Waals surface area contributed by atoms with Crippen LogP contribution in [-0.4, -0.2) is 11.0 Å². The van der Waals surface area contributed by atoms with E-state index in [-0.39, 0.29) is 0 Å². The predicted molar refractivity (Wildman–Crippen MR) is 77.5 cm³/mol. The molecule has 1 amide bonds. The first kappa shape index (κ1) is 13.9. The lowest BCUT2D eigenvalue weighted by Gasteiger charge is -2.02. The maximum Gasteiger partial charge on any atom is 0.296 e. The zero-order chi connectivity index (χ0) is 14.2. The van der Waals surface area contributed by atoms with E-state index in [2.05, 4.69) is 17.2 Å². The molecular weight excluding hydrogens is 250 g/mol. The van der Waals surface area contributed by atoms with Gasteiger partial charge in [0.05, 0.1) is 0 Å². The summed E-state index contributed by atoms with van der Waals surface area (Å²) in [5.74, 6) is 4.53. The molecule has 0 fully saturated rings. The molecule has 0 aliphatic rings. The Morgan fingerprint density at radius 1 is 1.05 bits per heavy atom. The lowest BCUT2D eigenvalue weighted by Crippen LogP contribution is -2.20. The molecule has 100 valence electrons. The fourth-order valence-electron chi connectivity index (χ4n) is 1.67. The summed E-state index contributed by atoms with van der Waals surface area (Å²) in [4.78, 5) is 11.6. The number of benzene rings is 2. The summed E-state index contributed by atoms with van der Waals surface area (Å²) >= 11 is 0. The smallest absolute Gasteiger partial charge is 0.296 e. The number of rotatable bonds is 3. The number of amides is 1. The van der Waals surface area contributed by atoms with Gasteiger partial charge in [-0.15, -0.1) is 0 Å². The van der Waals surface area contributed by atoms with E-state index in [1.165, 1.54) is 0 Å². The molecule has 2 N–H and O–H groups in total.